The Morgan fingerprint density at radius 2 is 1.93 bits per heavy atom. The van der Waals surface area contributed by atoms with E-state index in [2.05, 4.69) is 0 Å². The zero-order valence-corrected chi connectivity index (χ0v) is 9.17. The Hall–Kier alpha value is -1.03. The molecule has 0 aromatic heterocycles. The number of benzene rings is 1. The average molecular weight is 214 g/mol. The number of para-hydroxylation sites is 1. The van der Waals surface area contributed by atoms with E-state index >= 15 is 0 Å². The van der Waals surface area contributed by atoms with Crippen molar-refractivity contribution in [2.24, 2.45) is 0 Å². The summed E-state index contributed by atoms with van der Waals surface area (Å²) >= 11 is 0. The molecule has 0 aliphatic heterocycles. The maximum atomic E-state index is 10.9. The van der Waals surface area contributed by atoms with Gasteiger partial charge in [-0.3, -0.25) is 0 Å². The molecule has 0 aliphatic rings. The van der Waals surface area contributed by atoms with Crippen LogP contribution in [0.25, 0.3) is 0 Å². The Morgan fingerprint density at radius 1 is 1.29 bits per heavy atom. The highest BCUT2D eigenvalue weighted by atomic mass is 32.2. The number of hydrogen-bond acceptors (Lipinski definition) is 3. The largest absolute Gasteiger partial charge is 0.382 e. The van der Waals surface area contributed by atoms with Crippen molar-refractivity contribution in [1.29, 1.82) is 0 Å². The molecule has 0 radical (unpaired) electrons. The topological polar surface area (TPSA) is 43.4 Å². The van der Waals surface area contributed by atoms with Crippen molar-refractivity contribution in [2.45, 2.75) is 19.8 Å². The number of hydrogen-bond donors (Lipinski definition) is 0. The van der Waals surface area contributed by atoms with E-state index in [0.717, 1.165) is 24.7 Å². The van der Waals surface area contributed by atoms with Crippen molar-refractivity contribution >= 4 is 10.1 Å². The molecule has 0 heterocycles. The molecule has 0 atom stereocenters. The zero-order valence-electron chi connectivity index (χ0n) is 8.36. The molecule has 0 fully saturated rings. The highest BCUT2D eigenvalue weighted by Crippen LogP contribution is 2.20. The van der Waals surface area contributed by atoms with Gasteiger partial charge in [-0.2, -0.15) is 8.42 Å². The predicted molar refractivity (Wildman–Crippen MR) is 55.9 cm³/mol. The summed E-state index contributed by atoms with van der Waals surface area (Å²) in [6.07, 6.45) is 2.84. The van der Waals surface area contributed by atoms with Crippen LogP contribution in [0.15, 0.2) is 24.3 Å². The van der Waals surface area contributed by atoms with Crippen LogP contribution in [-0.2, 0) is 16.5 Å². The first-order chi connectivity index (χ1) is 6.53. The fourth-order valence-electron chi connectivity index (χ4n) is 1.22. The van der Waals surface area contributed by atoms with Crippen LogP contribution in [0.5, 0.6) is 5.75 Å². The van der Waals surface area contributed by atoms with E-state index in [-0.39, 0.29) is 0 Å². The summed E-state index contributed by atoms with van der Waals surface area (Å²) in [5.41, 5.74) is 0.931. The van der Waals surface area contributed by atoms with Crippen LogP contribution in [-0.4, -0.2) is 14.7 Å². The monoisotopic (exact) mass is 214 g/mol. The van der Waals surface area contributed by atoms with Crippen LogP contribution in [0.2, 0.25) is 0 Å². The molecule has 1 aromatic carbocycles. The van der Waals surface area contributed by atoms with Gasteiger partial charge in [0.15, 0.2) is 0 Å². The van der Waals surface area contributed by atoms with Crippen LogP contribution in [0.4, 0.5) is 0 Å². The van der Waals surface area contributed by atoms with Gasteiger partial charge in [-0.25, -0.2) is 0 Å². The standard InChI is InChI=1S/C10H14O3S/c1-3-6-9-7-4-5-8-10(9)13-14(2,11)12/h4-5,7-8H,3,6H2,1-2H3. The Morgan fingerprint density at radius 3 is 2.50 bits per heavy atom. The summed E-state index contributed by atoms with van der Waals surface area (Å²) in [7, 11) is -3.42. The lowest BCUT2D eigenvalue weighted by Gasteiger charge is -2.07. The van der Waals surface area contributed by atoms with Crippen molar-refractivity contribution in [3.05, 3.63) is 29.8 Å². The third-order valence-electron chi connectivity index (χ3n) is 1.73. The molecular weight excluding hydrogens is 200 g/mol. The van der Waals surface area contributed by atoms with Crippen molar-refractivity contribution < 1.29 is 12.6 Å². The molecule has 0 N–H and O–H groups in total. The Labute approximate surface area is 84.8 Å². The Kier molecular flexibility index (Phi) is 3.52. The smallest absolute Gasteiger partial charge is 0.306 e. The van der Waals surface area contributed by atoms with Gasteiger partial charge in [0.05, 0.1) is 6.26 Å². The molecule has 0 saturated heterocycles. The number of rotatable bonds is 4. The number of aryl methyl sites for hydroxylation is 1. The second-order valence-corrected chi connectivity index (χ2v) is 4.72. The molecule has 14 heavy (non-hydrogen) atoms. The van der Waals surface area contributed by atoms with Gasteiger partial charge in [-0.1, -0.05) is 31.5 Å². The SMILES string of the molecule is CCCc1ccccc1OS(C)(=O)=O. The van der Waals surface area contributed by atoms with Crippen molar-refractivity contribution in [1.82, 2.24) is 0 Å². The summed E-state index contributed by atoms with van der Waals surface area (Å²) in [6.45, 7) is 2.04. The lowest BCUT2D eigenvalue weighted by molar-refractivity contribution is 0.489. The molecule has 0 saturated carbocycles. The van der Waals surface area contributed by atoms with Crippen LogP contribution in [0, 0.1) is 0 Å². The molecule has 0 spiro atoms. The summed E-state index contributed by atoms with van der Waals surface area (Å²) in [5, 5.41) is 0. The third kappa shape index (κ3) is 3.38. The lowest BCUT2D eigenvalue weighted by Crippen LogP contribution is -2.07. The normalized spacial score (nSPS) is 11.3. The van der Waals surface area contributed by atoms with Crippen LogP contribution < -0.4 is 4.18 Å². The second-order valence-electron chi connectivity index (χ2n) is 3.15. The highest BCUT2D eigenvalue weighted by Gasteiger charge is 2.07. The fourth-order valence-corrected chi connectivity index (χ4v) is 1.71. The first kappa shape index (κ1) is 11.0. The van der Waals surface area contributed by atoms with Gasteiger partial charge in [-0.15, -0.1) is 0 Å². The van der Waals surface area contributed by atoms with Gasteiger partial charge in [0.1, 0.15) is 5.75 Å². The predicted octanol–water partition coefficient (Wildman–Crippen LogP) is 1.98. The van der Waals surface area contributed by atoms with E-state index in [0.29, 0.717) is 5.75 Å². The second kappa shape index (κ2) is 4.46. The maximum Gasteiger partial charge on any atom is 0.306 e. The average Bonchev–Trinajstić information content (AvgIpc) is 2.06. The van der Waals surface area contributed by atoms with Gasteiger partial charge in [-0.05, 0) is 18.1 Å². The maximum absolute atomic E-state index is 10.9. The molecule has 0 bridgehead atoms. The van der Waals surface area contributed by atoms with Crippen LogP contribution >= 0.6 is 0 Å². The van der Waals surface area contributed by atoms with E-state index in [1.807, 2.05) is 19.1 Å². The molecule has 78 valence electrons. The first-order valence-corrected chi connectivity index (χ1v) is 6.32. The van der Waals surface area contributed by atoms with E-state index in [1.165, 1.54) is 0 Å². The molecule has 1 aromatic rings. The van der Waals surface area contributed by atoms with E-state index in [1.54, 1.807) is 12.1 Å². The minimum absolute atomic E-state index is 0.442. The molecule has 4 heteroatoms. The van der Waals surface area contributed by atoms with E-state index in [9.17, 15) is 8.42 Å². The molecule has 1 rings (SSSR count). The van der Waals surface area contributed by atoms with Gasteiger partial charge in [0, 0.05) is 0 Å². The molecule has 0 amide bonds. The molecule has 0 unspecified atom stereocenters. The summed E-state index contributed by atoms with van der Waals surface area (Å²) < 4.78 is 26.7. The first-order valence-electron chi connectivity index (χ1n) is 4.50. The van der Waals surface area contributed by atoms with Gasteiger partial charge >= 0.3 is 10.1 Å². The van der Waals surface area contributed by atoms with E-state index < -0.39 is 10.1 Å². The summed E-state index contributed by atoms with van der Waals surface area (Å²) in [5.74, 6) is 0.442. The molecule has 3 nitrogen and oxygen atoms in total. The third-order valence-corrected chi connectivity index (χ3v) is 2.22. The van der Waals surface area contributed by atoms with E-state index in [4.69, 9.17) is 4.18 Å². The van der Waals surface area contributed by atoms with Crippen molar-refractivity contribution in [3.8, 4) is 5.75 Å². The van der Waals surface area contributed by atoms with Crippen molar-refractivity contribution in [2.75, 3.05) is 6.26 Å². The Bertz CT molecular complexity index is 396. The summed E-state index contributed by atoms with van der Waals surface area (Å²) in [4.78, 5) is 0. The lowest BCUT2D eigenvalue weighted by atomic mass is 10.1. The van der Waals surface area contributed by atoms with Crippen molar-refractivity contribution in [3.63, 3.8) is 0 Å². The molecular formula is C10H14O3S. The highest BCUT2D eigenvalue weighted by molar-refractivity contribution is 7.86. The van der Waals surface area contributed by atoms with Crippen LogP contribution in [0.3, 0.4) is 0 Å². The zero-order chi connectivity index (χ0) is 10.6. The molecule has 0 aliphatic carbocycles. The summed E-state index contributed by atoms with van der Waals surface area (Å²) in [6, 6.07) is 7.19. The minimum atomic E-state index is -3.42. The minimum Gasteiger partial charge on any atom is -0.382 e. The van der Waals surface area contributed by atoms with Gasteiger partial charge in [0.2, 0.25) is 0 Å². The van der Waals surface area contributed by atoms with Gasteiger partial charge < -0.3 is 4.18 Å². The Balaban J connectivity index is 2.95. The van der Waals surface area contributed by atoms with Gasteiger partial charge in [0.25, 0.3) is 0 Å². The van der Waals surface area contributed by atoms with Crippen LogP contribution in [0.1, 0.15) is 18.9 Å². The quantitative estimate of drug-likeness (QED) is 0.720. The fraction of sp³-hybridized carbons (Fsp3) is 0.400.